The second-order valence-electron chi connectivity index (χ2n) is 9.84. The monoisotopic (exact) mass is 595 g/mol. The van der Waals surface area contributed by atoms with Crippen LogP contribution in [0.25, 0.3) is 11.1 Å². The lowest BCUT2D eigenvalue weighted by Gasteiger charge is -2.31. The highest BCUT2D eigenvalue weighted by molar-refractivity contribution is 6.40. The maximum atomic E-state index is 13.1. The summed E-state index contributed by atoms with van der Waals surface area (Å²) in [5.41, 5.74) is 15.4. The van der Waals surface area contributed by atoms with Gasteiger partial charge in [0.25, 0.3) is 0 Å². The maximum absolute atomic E-state index is 13.1. The summed E-state index contributed by atoms with van der Waals surface area (Å²) in [4.78, 5) is 43.8. The summed E-state index contributed by atoms with van der Waals surface area (Å²) in [7, 11) is 0. The van der Waals surface area contributed by atoms with E-state index >= 15 is 0 Å². The van der Waals surface area contributed by atoms with E-state index in [1.165, 1.54) is 0 Å². The van der Waals surface area contributed by atoms with Gasteiger partial charge in [0.2, 0.25) is 5.91 Å². The van der Waals surface area contributed by atoms with Crippen molar-refractivity contribution in [2.75, 3.05) is 24.5 Å². The van der Waals surface area contributed by atoms with Crippen molar-refractivity contribution in [3.63, 3.8) is 0 Å². The molecule has 1 amide bonds. The van der Waals surface area contributed by atoms with Gasteiger partial charge in [-0.25, -0.2) is 4.99 Å². The number of hydrogen-bond acceptors (Lipinski definition) is 5. The zero-order valence-corrected chi connectivity index (χ0v) is 23.8. The number of carboxylic acid groups (broad SMARTS) is 1. The molecule has 6 N–H and O–H groups in total. The van der Waals surface area contributed by atoms with Gasteiger partial charge in [-0.15, -0.1) is 0 Å². The Kier molecular flexibility index (Phi) is 9.86. The van der Waals surface area contributed by atoms with Crippen LogP contribution in [0.5, 0.6) is 0 Å². The predicted octanol–water partition coefficient (Wildman–Crippen LogP) is 4.80. The van der Waals surface area contributed by atoms with E-state index in [2.05, 4.69) is 15.2 Å². The first-order valence-electron chi connectivity index (χ1n) is 13.2. The van der Waals surface area contributed by atoms with Crippen LogP contribution in [0.3, 0.4) is 0 Å². The highest BCUT2D eigenvalue weighted by atomic mass is 35.5. The van der Waals surface area contributed by atoms with Gasteiger partial charge in [-0.1, -0.05) is 59.6 Å². The number of ketones is 1. The fourth-order valence-corrected chi connectivity index (χ4v) is 5.56. The number of halogens is 2. The van der Waals surface area contributed by atoms with Gasteiger partial charge in [0.05, 0.1) is 27.2 Å². The number of rotatable bonds is 11. The van der Waals surface area contributed by atoms with Crippen LogP contribution >= 0.6 is 23.2 Å². The summed E-state index contributed by atoms with van der Waals surface area (Å²) in [5, 5.41) is 12.7. The average Bonchev–Trinajstić information content (AvgIpc) is 2.93. The molecule has 0 radical (unpaired) electrons. The molecule has 1 atom stereocenters. The minimum Gasteiger partial charge on any atom is -0.481 e. The first kappa shape index (κ1) is 29.9. The standard InChI is InChI=1S/C30H31Cl2N5O4/c31-23-13-20(18-5-2-1-3-6-18)14-24(32)28(23)26(38)15-21(29(40)41)17-35-27(39)10-12-37-11-4-7-19-8-9-22(16-25(19)37)36-30(33)34/h1-3,5-6,8-9,13-14,16,21H,4,7,10-12,15,17H2,(H,35,39)(H,40,41)(H4,33,34,36)/t21-/m0/s1. The number of aliphatic imine (C=N–C) groups is 1. The van der Waals surface area contributed by atoms with Gasteiger partial charge in [-0.05, 0) is 53.8 Å². The Bertz CT molecular complexity index is 1450. The minimum atomic E-state index is -1.20. The molecule has 1 aliphatic heterocycles. The molecular formula is C30H31Cl2N5O4. The van der Waals surface area contributed by atoms with Crippen LogP contribution in [-0.2, 0) is 16.0 Å². The number of fused-ring (bicyclic) bond motifs is 1. The Balaban J connectivity index is 1.35. The van der Waals surface area contributed by atoms with Crippen LogP contribution in [0.15, 0.2) is 65.7 Å². The van der Waals surface area contributed by atoms with Gasteiger partial charge in [0.15, 0.2) is 11.7 Å². The number of hydrogen-bond donors (Lipinski definition) is 4. The Morgan fingerprint density at radius 2 is 1.71 bits per heavy atom. The molecule has 3 aromatic carbocycles. The van der Waals surface area contributed by atoms with E-state index in [0.29, 0.717) is 12.2 Å². The van der Waals surface area contributed by atoms with Gasteiger partial charge in [-0.3, -0.25) is 14.4 Å². The molecule has 1 heterocycles. The zero-order chi connectivity index (χ0) is 29.5. The van der Waals surface area contributed by atoms with Crippen LogP contribution in [0.2, 0.25) is 10.0 Å². The maximum Gasteiger partial charge on any atom is 0.308 e. The molecule has 4 rings (SSSR count). The summed E-state index contributed by atoms with van der Waals surface area (Å²) in [6, 6.07) is 18.4. The van der Waals surface area contributed by atoms with Gasteiger partial charge >= 0.3 is 5.97 Å². The molecule has 9 nitrogen and oxygen atoms in total. The Morgan fingerprint density at radius 3 is 2.37 bits per heavy atom. The molecule has 3 aromatic rings. The number of anilines is 1. The molecule has 0 saturated heterocycles. The number of benzene rings is 3. The molecule has 0 bridgehead atoms. The molecule has 0 spiro atoms. The van der Waals surface area contributed by atoms with E-state index in [1.54, 1.807) is 12.1 Å². The molecule has 0 aliphatic carbocycles. The number of aryl methyl sites for hydroxylation is 1. The molecule has 1 aliphatic rings. The van der Waals surface area contributed by atoms with E-state index in [4.69, 9.17) is 34.7 Å². The summed E-state index contributed by atoms with van der Waals surface area (Å²) in [5.74, 6) is -3.22. The summed E-state index contributed by atoms with van der Waals surface area (Å²) >= 11 is 12.8. The van der Waals surface area contributed by atoms with Crippen LogP contribution in [0.4, 0.5) is 11.4 Å². The van der Waals surface area contributed by atoms with Crippen LogP contribution < -0.4 is 21.7 Å². The first-order valence-corrected chi connectivity index (χ1v) is 13.9. The number of guanidine groups is 1. The molecular weight excluding hydrogens is 565 g/mol. The number of carbonyl (C=O) groups is 3. The number of carboxylic acids is 1. The first-order chi connectivity index (χ1) is 19.6. The number of amides is 1. The highest BCUT2D eigenvalue weighted by Crippen LogP contribution is 2.34. The van der Waals surface area contributed by atoms with E-state index in [-0.39, 0.29) is 46.9 Å². The molecule has 0 unspecified atom stereocenters. The fourth-order valence-electron chi connectivity index (χ4n) is 4.86. The Labute approximate surface area is 248 Å². The fraction of sp³-hybridized carbons (Fsp3) is 0.267. The van der Waals surface area contributed by atoms with Gasteiger partial charge in [0, 0.05) is 38.2 Å². The van der Waals surface area contributed by atoms with Crippen molar-refractivity contribution in [3.8, 4) is 11.1 Å². The smallest absolute Gasteiger partial charge is 0.308 e. The predicted molar refractivity (Wildman–Crippen MR) is 162 cm³/mol. The van der Waals surface area contributed by atoms with E-state index < -0.39 is 17.7 Å². The molecule has 0 fully saturated rings. The third kappa shape index (κ3) is 7.77. The van der Waals surface area contributed by atoms with Gasteiger partial charge < -0.3 is 26.8 Å². The lowest BCUT2D eigenvalue weighted by atomic mass is 9.96. The summed E-state index contributed by atoms with van der Waals surface area (Å²) < 4.78 is 0. The second-order valence-corrected chi connectivity index (χ2v) is 10.7. The van der Waals surface area contributed by atoms with Gasteiger partial charge in [-0.2, -0.15) is 0 Å². The van der Waals surface area contributed by atoms with Crippen molar-refractivity contribution in [2.24, 2.45) is 22.4 Å². The van der Waals surface area contributed by atoms with Crippen molar-refractivity contribution < 1.29 is 19.5 Å². The molecule has 0 saturated carbocycles. The number of Topliss-reactive ketones (excluding diaryl/α,β-unsaturated/α-hetero) is 1. The van der Waals surface area contributed by atoms with Crippen molar-refractivity contribution in [2.45, 2.75) is 25.7 Å². The van der Waals surface area contributed by atoms with Crippen LogP contribution in [0, 0.1) is 5.92 Å². The SMILES string of the molecule is NC(N)=Nc1ccc2c(c1)N(CCC(=O)NC[C@H](CC(=O)c1c(Cl)cc(-c3ccccc3)cc1Cl)C(=O)O)CCC2. The second kappa shape index (κ2) is 13.5. The van der Waals surface area contributed by atoms with E-state index in [1.807, 2.05) is 48.5 Å². The number of nitrogens with zero attached hydrogens (tertiary/aromatic N) is 2. The number of carbonyl (C=O) groups excluding carboxylic acids is 2. The molecule has 0 aromatic heterocycles. The van der Waals surface area contributed by atoms with Crippen LogP contribution in [-0.4, -0.2) is 48.4 Å². The molecule has 41 heavy (non-hydrogen) atoms. The Morgan fingerprint density at radius 1 is 1.00 bits per heavy atom. The largest absolute Gasteiger partial charge is 0.481 e. The van der Waals surface area contributed by atoms with Crippen LogP contribution in [0.1, 0.15) is 35.2 Å². The summed E-state index contributed by atoms with van der Waals surface area (Å²) in [6.45, 7) is 0.991. The number of nitrogens with two attached hydrogens (primary N) is 2. The Hall–Kier alpha value is -4.08. The zero-order valence-electron chi connectivity index (χ0n) is 22.3. The molecule has 214 valence electrons. The molecule has 11 heteroatoms. The van der Waals surface area contributed by atoms with E-state index in [9.17, 15) is 19.5 Å². The van der Waals surface area contributed by atoms with Gasteiger partial charge in [0.1, 0.15) is 0 Å². The highest BCUT2D eigenvalue weighted by Gasteiger charge is 2.26. The third-order valence-corrected chi connectivity index (χ3v) is 7.50. The normalized spacial score (nSPS) is 13.2. The van der Waals surface area contributed by atoms with E-state index in [0.717, 1.165) is 41.8 Å². The quantitative estimate of drug-likeness (QED) is 0.141. The topological polar surface area (TPSA) is 151 Å². The lowest BCUT2D eigenvalue weighted by molar-refractivity contribution is -0.141. The summed E-state index contributed by atoms with van der Waals surface area (Å²) in [6.07, 6.45) is 1.63. The third-order valence-electron chi connectivity index (χ3n) is 6.91. The lowest BCUT2D eigenvalue weighted by Crippen LogP contribution is -2.37. The van der Waals surface area contributed by atoms with Crippen molar-refractivity contribution in [1.29, 1.82) is 0 Å². The number of aliphatic carboxylic acids is 1. The van der Waals surface area contributed by atoms with Crippen molar-refractivity contribution in [3.05, 3.63) is 81.8 Å². The van der Waals surface area contributed by atoms with Crippen molar-refractivity contribution >= 4 is 58.2 Å². The van der Waals surface area contributed by atoms with Crippen molar-refractivity contribution in [1.82, 2.24) is 5.32 Å². The average molecular weight is 597 g/mol. The number of nitrogens with one attached hydrogen (secondary N) is 1. The minimum absolute atomic E-state index is 0.0353.